The first-order valence-electron chi connectivity index (χ1n) is 6.22. The van der Waals surface area contributed by atoms with Gasteiger partial charge in [0.2, 0.25) is 0 Å². The molecule has 0 saturated carbocycles. The first-order chi connectivity index (χ1) is 9.31. The average Bonchev–Trinajstić information content (AvgIpc) is 2.34. The van der Waals surface area contributed by atoms with Crippen LogP contribution in [0, 0.1) is 12.8 Å². The zero-order chi connectivity index (χ0) is 15.3. The molecule has 6 heteroatoms. The van der Waals surface area contributed by atoms with Gasteiger partial charge in [0.25, 0.3) is 5.91 Å². The summed E-state index contributed by atoms with van der Waals surface area (Å²) in [7, 11) is 0. The summed E-state index contributed by atoms with van der Waals surface area (Å²) in [6.45, 7) is 5.19. The third-order valence-corrected chi connectivity index (χ3v) is 3.32. The number of nitrogens with one attached hydrogen (secondary N) is 1. The molecular formula is C14H18BrNO4. The molecule has 1 atom stereocenters. The molecule has 0 saturated heterocycles. The van der Waals surface area contributed by atoms with Crippen molar-refractivity contribution in [3.05, 3.63) is 28.2 Å². The number of carboxylic acids is 1. The predicted octanol–water partition coefficient (Wildman–Crippen LogP) is 2.36. The van der Waals surface area contributed by atoms with Crippen LogP contribution in [0.4, 0.5) is 0 Å². The van der Waals surface area contributed by atoms with Crippen LogP contribution < -0.4 is 10.1 Å². The number of carbonyl (C=O) groups is 2. The molecule has 1 rings (SSSR count). The normalized spacial score (nSPS) is 12.1. The van der Waals surface area contributed by atoms with Crippen molar-refractivity contribution in [1.29, 1.82) is 0 Å². The molecule has 0 aliphatic heterocycles. The molecule has 1 aromatic carbocycles. The summed E-state index contributed by atoms with van der Waals surface area (Å²) < 4.78 is 6.12. The second kappa shape index (κ2) is 7.28. The molecule has 110 valence electrons. The molecule has 1 aromatic rings. The van der Waals surface area contributed by atoms with E-state index in [1.807, 2.05) is 19.1 Å². The van der Waals surface area contributed by atoms with E-state index in [0.29, 0.717) is 5.75 Å². The highest BCUT2D eigenvalue weighted by molar-refractivity contribution is 9.10. The van der Waals surface area contributed by atoms with Gasteiger partial charge in [-0.25, -0.2) is 4.79 Å². The zero-order valence-corrected chi connectivity index (χ0v) is 13.2. The number of rotatable bonds is 6. The van der Waals surface area contributed by atoms with Crippen LogP contribution in [0.1, 0.15) is 19.4 Å². The highest BCUT2D eigenvalue weighted by atomic mass is 79.9. The molecule has 0 radical (unpaired) electrons. The largest absolute Gasteiger partial charge is 0.483 e. The fraction of sp³-hybridized carbons (Fsp3) is 0.429. The lowest BCUT2D eigenvalue weighted by molar-refractivity contribution is -0.143. The van der Waals surface area contributed by atoms with E-state index in [0.717, 1.165) is 10.0 Å². The summed E-state index contributed by atoms with van der Waals surface area (Å²) in [6, 6.07) is 4.59. The topological polar surface area (TPSA) is 75.6 Å². The number of benzene rings is 1. The van der Waals surface area contributed by atoms with Crippen LogP contribution in [0.3, 0.4) is 0 Å². The Bertz CT molecular complexity index is 502. The number of aliphatic carboxylic acids is 1. The molecule has 0 fully saturated rings. The van der Waals surface area contributed by atoms with E-state index in [2.05, 4.69) is 21.2 Å². The van der Waals surface area contributed by atoms with Gasteiger partial charge in [-0.05, 0) is 46.5 Å². The van der Waals surface area contributed by atoms with Crippen LogP contribution in [0.5, 0.6) is 5.75 Å². The molecule has 0 heterocycles. The Morgan fingerprint density at radius 1 is 1.40 bits per heavy atom. The summed E-state index contributed by atoms with van der Waals surface area (Å²) in [5.41, 5.74) is 1.07. The maximum absolute atomic E-state index is 11.7. The summed E-state index contributed by atoms with van der Waals surface area (Å²) in [5, 5.41) is 11.4. The van der Waals surface area contributed by atoms with E-state index in [4.69, 9.17) is 9.84 Å². The lowest BCUT2D eigenvalue weighted by Gasteiger charge is -2.18. The lowest BCUT2D eigenvalue weighted by Crippen LogP contribution is -2.46. The van der Waals surface area contributed by atoms with Crippen LogP contribution in [0.25, 0.3) is 0 Å². The third kappa shape index (κ3) is 4.85. The monoisotopic (exact) mass is 343 g/mol. The minimum absolute atomic E-state index is 0.192. The van der Waals surface area contributed by atoms with Gasteiger partial charge in [-0.1, -0.05) is 19.9 Å². The molecule has 0 spiro atoms. The Balaban J connectivity index is 2.57. The average molecular weight is 344 g/mol. The van der Waals surface area contributed by atoms with Crippen molar-refractivity contribution in [3.63, 3.8) is 0 Å². The molecule has 20 heavy (non-hydrogen) atoms. The Morgan fingerprint density at radius 3 is 2.55 bits per heavy atom. The van der Waals surface area contributed by atoms with Crippen molar-refractivity contribution in [2.75, 3.05) is 6.61 Å². The van der Waals surface area contributed by atoms with E-state index in [9.17, 15) is 9.59 Å². The molecule has 0 aliphatic rings. The van der Waals surface area contributed by atoms with Gasteiger partial charge in [0.05, 0.1) is 4.47 Å². The minimum Gasteiger partial charge on any atom is -0.483 e. The van der Waals surface area contributed by atoms with Crippen LogP contribution in [-0.2, 0) is 9.59 Å². The van der Waals surface area contributed by atoms with Gasteiger partial charge in [-0.3, -0.25) is 4.79 Å². The number of hydrogen-bond donors (Lipinski definition) is 2. The maximum Gasteiger partial charge on any atom is 0.326 e. The quantitative estimate of drug-likeness (QED) is 0.831. The van der Waals surface area contributed by atoms with E-state index in [1.54, 1.807) is 19.9 Å². The van der Waals surface area contributed by atoms with Crippen LogP contribution >= 0.6 is 15.9 Å². The highest BCUT2D eigenvalue weighted by Crippen LogP contribution is 2.25. The molecular weight excluding hydrogens is 326 g/mol. The number of halogens is 1. The highest BCUT2D eigenvalue weighted by Gasteiger charge is 2.23. The number of hydrogen-bond acceptors (Lipinski definition) is 3. The SMILES string of the molecule is Cc1ccc(OCC(=O)N[C@H](C(=O)O)C(C)C)c(Br)c1. The van der Waals surface area contributed by atoms with Gasteiger partial charge in [0.1, 0.15) is 11.8 Å². The van der Waals surface area contributed by atoms with Gasteiger partial charge in [0.15, 0.2) is 6.61 Å². The first-order valence-corrected chi connectivity index (χ1v) is 7.01. The molecule has 0 unspecified atom stereocenters. The second-order valence-electron chi connectivity index (χ2n) is 4.85. The molecule has 0 bridgehead atoms. The van der Waals surface area contributed by atoms with E-state index >= 15 is 0 Å². The van der Waals surface area contributed by atoms with Gasteiger partial charge in [-0.2, -0.15) is 0 Å². The Morgan fingerprint density at radius 2 is 2.05 bits per heavy atom. The van der Waals surface area contributed by atoms with Crippen molar-refractivity contribution in [2.24, 2.45) is 5.92 Å². The van der Waals surface area contributed by atoms with Crippen LogP contribution in [-0.4, -0.2) is 29.6 Å². The van der Waals surface area contributed by atoms with Crippen molar-refractivity contribution in [3.8, 4) is 5.75 Å². The third-order valence-electron chi connectivity index (χ3n) is 2.70. The number of aryl methyl sites for hydroxylation is 1. The lowest BCUT2D eigenvalue weighted by atomic mass is 10.1. The Kier molecular flexibility index (Phi) is 6.01. The van der Waals surface area contributed by atoms with Crippen LogP contribution in [0.2, 0.25) is 0 Å². The fourth-order valence-electron chi connectivity index (χ4n) is 1.59. The second-order valence-corrected chi connectivity index (χ2v) is 5.70. The number of ether oxygens (including phenoxy) is 1. The number of amides is 1. The van der Waals surface area contributed by atoms with Crippen molar-refractivity contribution in [1.82, 2.24) is 5.32 Å². The fourth-order valence-corrected chi connectivity index (χ4v) is 2.20. The first kappa shape index (κ1) is 16.5. The van der Waals surface area contributed by atoms with Crippen molar-refractivity contribution in [2.45, 2.75) is 26.8 Å². The van der Waals surface area contributed by atoms with E-state index in [-0.39, 0.29) is 12.5 Å². The summed E-state index contributed by atoms with van der Waals surface area (Å²) in [4.78, 5) is 22.7. The Labute approximate surface area is 126 Å². The predicted molar refractivity (Wildman–Crippen MR) is 78.8 cm³/mol. The van der Waals surface area contributed by atoms with Crippen molar-refractivity contribution >= 4 is 27.8 Å². The summed E-state index contributed by atoms with van der Waals surface area (Å²) in [5.74, 6) is -1.16. The molecule has 0 aromatic heterocycles. The smallest absolute Gasteiger partial charge is 0.326 e. The van der Waals surface area contributed by atoms with Gasteiger partial charge >= 0.3 is 5.97 Å². The molecule has 5 nitrogen and oxygen atoms in total. The van der Waals surface area contributed by atoms with Crippen LogP contribution in [0.15, 0.2) is 22.7 Å². The number of carboxylic acid groups (broad SMARTS) is 1. The van der Waals surface area contributed by atoms with Crippen molar-refractivity contribution < 1.29 is 19.4 Å². The standard InChI is InChI=1S/C14H18BrNO4/c1-8(2)13(14(18)19)16-12(17)7-20-11-5-4-9(3)6-10(11)15/h4-6,8,13H,7H2,1-3H3,(H,16,17)(H,18,19)/t13-/m0/s1. The van der Waals surface area contributed by atoms with Gasteiger partial charge in [-0.15, -0.1) is 0 Å². The summed E-state index contributed by atoms with van der Waals surface area (Å²) in [6.07, 6.45) is 0. The maximum atomic E-state index is 11.7. The van der Waals surface area contributed by atoms with Gasteiger partial charge < -0.3 is 15.2 Å². The molecule has 2 N–H and O–H groups in total. The molecule has 1 amide bonds. The van der Waals surface area contributed by atoms with E-state index in [1.165, 1.54) is 0 Å². The summed E-state index contributed by atoms with van der Waals surface area (Å²) >= 11 is 3.34. The Hall–Kier alpha value is -1.56. The van der Waals surface area contributed by atoms with Gasteiger partial charge in [0, 0.05) is 0 Å². The number of carbonyl (C=O) groups excluding carboxylic acids is 1. The zero-order valence-electron chi connectivity index (χ0n) is 11.6. The van der Waals surface area contributed by atoms with E-state index < -0.39 is 17.9 Å². The minimum atomic E-state index is -1.05. The molecule has 0 aliphatic carbocycles.